The minimum Gasteiger partial charge on any atom is -0.479 e. The highest BCUT2D eigenvalue weighted by Gasteiger charge is 2.43. The number of carbonyl (C=O) groups excluding carboxylic acids is 2. The van der Waals surface area contributed by atoms with Crippen LogP contribution in [0.1, 0.15) is 30.9 Å². The number of rotatable bonds is 7. The van der Waals surface area contributed by atoms with Gasteiger partial charge < -0.3 is 29.5 Å². The van der Waals surface area contributed by atoms with Crippen molar-refractivity contribution in [3.63, 3.8) is 0 Å². The lowest BCUT2D eigenvalue weighted by molar-refractivity contribution is -0.178. The van der Waals surface area contributed by atoms with Crippen molar-refractivity contribution in [3.05, 3.63) is 59.7 Å². The summed E-state index contributed by atoms with van der Waals surface area (Å²) >= 11 is 0. The monoisotopic (exact) mass is 482 g/mol. The van der Waals surface area contributed by atoms with Crippen molar-refractivity contribution in [2.75, 3.05) is 33.4 Å². The molecule has 9 heteroatoms. The number of morpholine rings is 1. The number of fused-ring (bicyclic) bond motifs is 3. The summed E-state index contributed by atoms with van der Waals surface area (Å²) in [6.07, 6.45) is -1.41. The maximum absolute atomic E-state index is 13.3. The predicted octanol–water partition coefficient (Wildman–Crippen LogP) is 2.63. The standard InChI is InChI=1S/C26H30N2O7/c1-16(33-3)22(23(29)28-12-13-35-26(2,15-28)24(30)31)27-25(32)34-14-21-19-10-6-4-8-17(19)18-9-5-7-11-20(18)21/h4-11,16,21-22H,12-15H2,1-3H3,(H,27,32)(H,30,31)/t16-,22+,26?/m1/s1. The van der Waals surface area contributed by atoms with E-state index in [0.717, 1.165) is 22.3 Å². The van der Waals surface area contributed by atoms with Crippen molar-refractivity contribution >= 4 is 18.0 Å². The number of amides is 2. The summed E-state index contributed by atoms with van der Waals surface area (Å²) < 4.78 is 16.3. The Kier molecular flexibility index (Phi) is 7.09. The number of hydrogen-bond donors (Lipinski definition) is 2. The van der Waals surface area contributed by atoms with Gasteiger partial charge in [-0.2, -0.15) is 0 Å². The van der Waals surface area contributed by atoms with Gasteiger partial charge in [-0.1, -0.05) is 48.5 Å². The fourth-order valence-electron chi connectivity index (χ4n) is 4.67. The third-order valence-electron chi connectivity index (χ3n) is 6.76. The van der Waals surface area contributed by atoms with Gasteiger partial charge in [-0.05, 0) is 36.1 Å². The van der Waals surface area contributed by atoms with E-state index in [4.69, 9.17) is 14.2 Å². The molecule has 1 aliphatic heterocycles. The Labute approximate surface area is 204 Å². The van der Waals surface area contributed by atoms with Crippen molar-refractivity contribution in [2.45, 2.75) is 37.5 Å². The Morgan fingerprint density at radius 2 is 1.74 bits per heavy atom. The van der Waals surface area contributed by atoms with Crippen LogP contribution in [-0.2, 0) is 23.8 Å². The zero-order valence-electron chi connectivity index (χ0n) is 20.0. The highest BCUT2D eigenvalue weighted by molar-refractivity contribution is 5.87. The first kappa shape index (κ1) is 24.7. The van der Waals surface area contributed by atoms with Gasteiger partial charge in [-0.25, -0.2) is 9.59 Å². The summed E-state index contributed by atoms with van der Waals surface area (Å²) in [7, 11) is 1.44. The summed E-state index contributed by atoms with van der Waals surface area (Å²) in [6.45, 7) is 3.33. The molecular weight excluding hydrogens is 452 g/mol. The van der Waals surface area contributed by atoms with Gasteiger partial charge in [0.25, 0.3) is 0 Å². The number of ether oxygens (including phenoxy) is 3. The first-order valence-electron chi connectivity index (χ1n) is 11.6. The number of alkyl carbamates (subject to hydrolysis) is 1. The van der Waals surface area contributed by atoms with E-state index >= 15 is 0 Å². The fraction of sp³-hybridized carbons (Fsp3) is 0.423. The Hall–Kier alpha value is -3.43. The molecule has 0 bridgehead atoms. The number of carboxylic acid groups (broad SMARTS) is 1. The molecule has 4 rings (SSSR count). The van der Waals surface area contributed by atoms with E-state index in [9.17, 15) is 19.5 Å². The van der Waals surface area contributed by atoms with Crippen LogP contribution in [0, 0.1) is 0 Å². The minimum atomic E-state index is -1.52. The van der Waals surface area contributed by atoms with Crippen molar-refractivity contribution in [1.29, 1.82) is 0 Å². The third-order valence-corrected chi connectivity index (χ3v) is 6.76. The first-order chi connectivity index (χ1) is 16.7. The second-order valence-electron chi connectivity index (χ2n) is 9.03. The smallest absolute Gasteiger partial charge is 0.407 e. The highest BCUT2D eigenvalue weighted by atomic mass is 16.6. The van der Waals surface area contributed by atoms with E-state index in [0.29, 0.717) is 0 Å². The van der Waals surface area contributed by atoms with Gasteiger partial charge in [-0.15, -0.1) is 0 Å². The summed E-state index contributed by atoms with van der Waals surface area (Å²) in [4.78, 5) is 39.0. The number of nitrogens with one attached hydrogen (secondary N) is 1. The molecule has 9 nitrogen and oxygen atoms in total. The number of aliphatic carboxylic acids is 1. The van der Waals surface area contributed by atoms with Gasteiger partial charge in [0.05, 0.1) is 19.3 Å². The van der Waals surface area contributed by atoms with E-state index < -0.39 is 35.7 Å². The van der Waals surface area contributed by atoms with Crippen LogP contribution in [0.2, 0.25) is 0 Å². The quantitative estimate of drug-likeness (QED) is 0.624. The molecule has 0 aromatic heterocycles. The molecule has 2 aliphatic rings. The normalized spacial score (nSPS) is 20.9. The lowest BCUT2D eigenvalue weighted by atomic mass is 9.98. The molecule has 2 N–H and O–H groups in total. The number of carboxylic acids is 1. The molecule has 1 aliphatic carbocycles. The summed E-state index contributed by atoms with van der Waals surface area (Å²) in [5.41, 5.74) is 2.89. The minimum absolute atomic E-state index is 0.0770. The first-order valence-corrected chi connectivity index (χ1v) is 11.6. The molecule has 0 spiro atoms. The van der Waals surface area contributed by atoms with Crippen LogP contribution in [0.25, 0.3) is 11.1 Å². The second-order valence-corrected chi connectivity index (χ2v) is 9.03. The van der Waals surface area contributed by atoms with Gasteiger partial charge in [0.2, 0.25) is 5.91 Å². The van der Waals surface area contributed by atoms with Crippen LogP contribution < -0.4 is 5.32 Å². The molecule has 1 heterocycles. The number of carbonyl (C=O) groups is 3. The number of benzene rings is 2. The molecule has 1 saturated heterocycles. The molecular formula is C26H30N2O7. The topological polar surface area (TPSA) is 114 Å². The van der Waals surface area contributed by atoms with E-state index in [1.807, 2.05) is 36.4 Å². The molecule has 0 radical (unpaired) electrons. The Bertz CT molecular complexity index is 1070. The fourth-order valence-corrected chi connectivity index (χ4v) is 4.67. The molecule has 1 unspecified atom stereocenters. The van der Waals surface area contributed by atoms with Crippen LogP contribution in [0.15, 0.2) is 48.5 Å². The van der Waals surface area contributed by atoms with Crippen LogP contribution in [0.5, 0.6) is 0 Å². The SMILES string of the molecule is CO[C@H](C)[C@H](NC(=O)OCC1c2ccccc2-c2ccccc21)C(=O)N1CCOC(C)(C(=O)O)C1. The van der Waals surface area contributed by atoms with Crippen molar-refractivity contribution < 1.29 is 33.7 Å². The zero-order chi connectivity index (χ0) is 25.2. The maximum atomic E-state index is 13.3. The van der Waals surface area contributed by atoms with Crippen LogP contribution in [-0.4, -0.2) is 79.1 Å². The lowest BCUT2D eigenvalue weighted by Gasteiger charge is -2.39. The van der Waals surface area contributed by atoms with E-state index in [1.54, 1.807) is 6.92 Å². The van der Waals surface area contributed by atoms with Gasteiger partial charge in [0, 0.05) is 19.6 Å². The molecule has 2 aromatic rings. The van der Waals surface area contributed by atoms with Crippen LogP contribution in [0.3, 0.4) is 0 Å². The van der Waals surface area contributed by atoms with Crippen molar-refractivity contribution in [1.82, 2.24) is 10.2 Å². The molecule has 1 fully saturated rings. The Morgan fingerprint density at radius 3 is 2.31 bits per heavy atom. The lowest BCUT2D eigenvalue weighted by Crippen LogP contribution is -2.61. The zero-order valence-corrected chi connectivity index (χ0v) is 20.0. The Morgan fingerprint density at radius 1 is 1.14 bits per heavy atom. The summed E-state index contributed by atoms with van der Waals surface area (Å²) in [5, 5.41) is 12.1. The number of methoxy groups -OCH3 is 1. The molecule has 3 atom stereocenters. The summed E-state index contributed by atoms with van der Waals surface area (Å²) in [5.74, 6) is -1.72. The molecule has 35 heavy (non-hydrogen) atoms. The van der Waals surface area contributed by atoms with Crippen molar-refractivity contribution in [2.24, 2.45) is 0 Å². The Balaban J connectivity index is 1.44. The molecule has 2 aromatic carbocycles. The van der Waals surface area contributed by atoms with E-state index in [1.165, 1.54) is 18.9 Å². The molecule has 186 valence electrons. The molecule has 2 amide bonds. The molecule has 0 saturated carbocycles. The van der Waals surface area contributed by atoms with Crippen LogP contribution >= 0.6 is 0 Å². The highest BCUT2D eigenvalue weighted by Crippen LogP contribution is 2.44. The van der Waals surface area contributed by atoms with Crippen LogP contribution in [0.4, 0.5) is 4.79 Å². The van der Waals surface area contributed by atoms with Gasteiger partial charge in [0.15, 0.2) is 5.60 Å². The van der Waals surface area contributed by atoms with Gasteiger partial charge >= 0.3 is 12.1 Å². The summed E-state index contributed by atoms with van der Waals surface area (Å²) in [6, 6.07) is 15.0. The van der Waals surface area contributed by atoms with E-state index in [2.05, 4.69) is 17.4 Å². The number of nitrogens with zero attached hydrogens (tertiary/aromatic N) is 1. The average Bonchev–Trinajstić information content (AvgIpc) is 3.19. The van der Waals surface area contributed by atoms with Crippen molar-refractivity contribution in [3.8, 4) is 11.1 Å². The third kappa shape index (κ3) is 4.87. The predicted molar refractivity (Wildman–Crippen MR) is 127 cm³/mol. The van der Waals surface area contributed by atoms with Gasteiger partial charge in [-0.3, -0.25) is 4.79 Å². The van der Waals surface area contributed by atoms with E-state index in [-0.39, 0.29) is 32.2 Å². The average molecular weight is 483 g/mol. The van der Waals surface area contributed by atoms with Gasteiger partial charge in [0.1, 0.15) is 12.6 Å². The largest absolute Gasteiger partial charge is 0.479 e. The number of hydrogen-bond acceptors (Lipinski definition) is 6. The second kappa shape index (κ2) is 10.1. The maximum Gasteiger partial charge on any atom is 0.407 e.